The molecule has 2 heterocycles. The van der Waals surface area contributed by atoms with E-state index in [1.807, 2.05) is 47.4 Å². The van der Waals surface area contributed by atoms with Crippen LogP contribution in [0.2, 0.25) is 0 Å². The second kappa shape index (κ2) is 9.14. The van der Waals surface area contributed by atoms with Crippen LogP contribution in [0, 0.1) is 11.7 Å². The lowest BCUT2D eigenvalue weighted by atomic mass is 9.94. The third-order valence-electron chi connectivity index (χ3n) is 5.55. The molecule has 5 heteroatoms. The summed E-state index contributed by atoms with van der Waals surface area (Å²) < 4.78 is 18.9. The maximum atomic E-state index is 13.2. The third kappa shape index (κ3) is 4.98. The van der Waals surface area contributed by atoms with E-state index in [1.165, 1.54) is 12.1 Å². The first kappa shape index (κ1) is 19.5. The first-order chi connectivity index (χ1) is 14.2. The van der Waals surface area contributed by atoms with Gasteiger partial charge in [-0.2, -0.15) is 0 Å². The SMILES string of the molecule is O=C(c1ccc2ccccc2n1)N1CCC(CCOCc2cccc(F)c2)CC1. The maximum absolute atomic E-state index is 13.2. The van der Waals surface area contributed by atoms with Crippen LogP contribution in [0.25, 0.3) is 10.9 Å². The van der Waals surface area contributed by atoms with E-state index in [9.17, 15) is 9.18 Å². The van der Waals surface area contributed by atoms with E-state index in [0.717, 1.165) is 48.8 Å². The van der Waals surface area contributed by atoms with Gasteiger partial charge in [0.15, 0.2) is 0 Å². The minimum atomic E-state index is -0.232. The number of benzene rings is 2. The van der Waals surface area contributed by atoms with E-state index in [1.54, 1.807) is 6.07 Å². The van der Waals surface area contributed by atoms with Gasteiger partial charge in [0.1, 0.15) is 11.5 Å². The number of likely N-dealkylation sites (tertiary alicyclic amines) is 1. The third-order valence-corrected chi connectivity index (χ3v) is 5.55. The molecule has 1 saturated heterocycles. The van der Waals surface area contributed by atoms with E-state index in [2.05, 4.69) is 4.98 Å². The molecule has 1 aromatic heterocycles. The van der Waals surface area contributed by atoms with Gasteiger partial charge < -0.3 is 9.64 Å². The lowest BCUT2D eigenvalue weighted by Gasteiger charge is -2.31. The summed E-state index contributed by atoms with van der Waals surface area (Å²) in [6.07, 6.45) is 2.91. The van der Waals surface area contributed by atoms with Crippen molar-refractivity contribution >= 4 is 16.8 Å². The van der Waals surface area contributed by atoms with Gasteiger partial charge in [0.2, 0.25) is 0 Å². The lowest BCUT2D eigenvalue weighted by Crippen LogP contribution is -2.39. The van der Waals surface area contributed by atoms with Crippen LogP contribution in [0.3, 0.4) is 0 Å². The van der Waals surface area contributed by atoms with Crippen LogP contribution in [0.5, 0.6) is 0 Å². The topological polar surface area (TPSA) is 42.4 Å². The van der Waals surface area contributed by atoms with Gasteiger partial charge in [-0.05, 0) is 55.0 Å². The number of rotatable bonds is 6. The molecule has 1 fully saturated rings. The Kier molecular flexibility index (Phi) is 6.15. The highest BCUT2D eigenvalue weighted by atomic mass is 19.1. The summed E-state index contributed by atoms with van der Waals surface area (Å²) in [5, 5.41) is 1.04. The molecule has 0 radical (unpaired) electrons. The van der Waals surface area contributed by atoms with Crippen LogP contribution < -0.4 is 0 Å². The lowest BCUT2D eigenvalue weighted by molar-refractivity contribution is 0.0634. The summed E-state index contributed by atoms with van der Waals surface area (Å²) in [6, 6.07) is 18.1. The average molecular weight is 392 g/mol. The Morgan fingerprint density at radius 2 is 1.90 bits per heavy atom. The van der Waals surface area contributed by atoms with Gasteiger partial charge in [0, 0.05) is 25.1 Å². The molecule has 1 aliphatic heterocycles. The number of amides is 1. The summed E-state index contributed by atoms with van der Waals surface area (Å²) in [7, 11) is 0. The number of nitrogens with zero attached hydrogens (tertiary/aromatic N) is 2. The van der Waals surface area contributed by atoms with Crippen molar-refractivity contribution in [3.05, 3.63) is 77.7 Å². The molecule has 3 aromatic rings. The number of pyridine rings is 1. The molecule has 0 N–H and O–H groups in total. The van der Waals surface area contributed by atoms with Crippen molar-refractivity contribution in [1.82, 2.24) is 9.88 Å². The van der Waals surface area contributed by atoms with Crippen molar-refractivity contribution in [3.63, 3.8) is 0 Å². The summed E-state index contributed by atoms with van der Waals surface area (Å²) >= 11 is 0. The van der Waals surface area contributed by atoms with Gasteiger partial charge in [-0.25, -0.2) is 9.37 Å². The number of aromatic nitrogens is 1. The highest BCUT2D eigenvalue weighted by Crippen LogP contribution is 2.22. The molecule has 4 rings (SSSR count). The van der Waals surface area contributed by atoms with Crippen LogP contribution >= 0.6 is 0 Å². The van der Waals surface area contributed by atoms with E-state index >= 15 is 0 Å². The molecule has 1 aliphatic rings. The normalized spacial score (nSPS) is 15.0. The fraction of sp³-hybridized carbons (Fsp3) is 0.333. The van der Waals surface area contributed by atoms with E-state index in [-0.39, 0.29) is 11.7 Å². The summed E-state index contributed by atoms with van der Waals surface area (Å²) in [5.74, 6) is 0.330. The molecule has 0 saturated carbocycles. The van der Waals surface area contributed by atoms with Gasteiger partial charge in [-0.1, -0.05) is 36.4 Å². The molecule has 29 heavy (non-hydrogen) atoms. The second-order valence-electron chi connectivity index (χ2n) is 7.60. The number of hydrogen-bond acceptors (Lipinski definition) is 3. The highest BCUT2D eigenvalue weighted by Gasteiger charge is 2.24. The zero-order chi connectivity index (χ0) is 20.1. The molecular formula is C24H25FN2O2. The summed E-state index contributed by atoms with van der Waals surface area (Å²) in [6.45, 7) is 2.59. The van der Waals surface area contributed by atoms with Gasteiger partial charge in [0.05, 0.1) is 12.1 Å². The Labute approximate surface area is 170 Å². The second-order valence-corrected chi connectivity index (χ2v) is 7.60. The Bertz CT molecular complexity index is 983. The fourth-order valence-electron chi connectivity index (χ4n) is 3.84. The Morgan fingerprint density at radius 1 is 1.07 bits per heavy atom. The molecule has 0 aliphatic carbocycles. The molecule has 0 spiro atoms. The van der Waals surface area contributed by atoms with Gasteiger partial charge in [-0.3, -0.25) is 4.79 Å². The van der Waals surface area contributed by atoms with E-state index < -0.39 is 0 Å². The predicted octanol–water partition coefficient (Wildman–Crippen LogP) is 4.83. The molecular weight excluding hydrogens is 367 g/mol. The van der Waals surface area contributed by atoms with E-state index in [4.69, 9.17) is 4.74 Å². The van der Waals surface area contributed by atoms with Crippen LogP contribution in [0.4, 0.5) is 4.39 Å². The van der Waals surface area contributed by atoms with Crippen molar-refractivity contribution < 1.29 is 13.9 Å². The van der Waals surface area contributed by atoms with Gasteiger partial charge >= 0.3 is 0 Å². The number of piperidine rings is 1. The molecule has 4 nitrogen and oxygen atoms in total. The monoisotopic (exact) mass is 392 g/mol. The standard InChI is InChI=1S/C24H25FN2O2/c25-21-6-3-4-19(16-21)17-29-15-12-18-10-13-27(14-11-18)24(28)23-9-8-20-5-1-2-7-22(20)26-23/h1-9,16,18H,10-15,17H2. The smallest absolute Gasteiger partial charge is 0.272 e. The molecule has 0 unspecified atom stereocenters. The van der Waals surface area contributed by atoms with Gasteiger partial charge in [-0.15, -0.1) is 0 Å². The largest absolute Gasteiger partial charge is 0.377 e. The Morgan fingerprint density at radius 3 is 2.72 bits per heavy atom. The number of ether oxygens (including phenoxy) is 1. The number of fused-ring (bicyclic) bond motifs is 1. The van der Waals surface area contributed by atoms with Gasteiger partial charge in [0.25, 0.3) is 5.91 Å². The van der Waals surface area contributed by atoms with Crippen LogP contribution in [-0.4, -0.2) is 35.5 Å². The molecule has 1 amide bonds. The quantitative estimate of drug-likeness (QED) is 0.564. The first-order valence-corrected chi connectivity index (χ1v) is 10.2. The molecule has 0 atom stereocenters. The summed E-state index contributed by atoms with van der Waals surface area (Å²) in [4.78, 5) is 19.2. The van der Waals surface area contributed by atoms with E-state index in [0.29, 0.717) is 24.8 Å². The minimum absolute atomic E-state index is 0.0107. The Hall–Kier alpha value is -2.79. The number of carbonyl (C=O) groups excluding carboxylic acids is 1. The fourth-order valence-corrected chi connectivity index (χ4v) is 3.84. The van der Waals surface area contributed by atoms with Crippen LogP contribution in [0.1, 0.15) is 35.3 Å². The minimum Gasteiger partial charge on any atom is -0.377 e. The molecule has 150 valence electrons. The van der Waals surface area contributed by atoms with Crippen molar-refractivity contribution in [1.29, 1.82) is 0 Å². The van der Waals surface area contributed by atoms with Crippen LogP contribution in [0.15, 0.2) is 60.7 Å². The first-order valence-electron chi connectivity index (χ1n) is 10.2. The van der Waals surface area contributed by atoms with Crippen molar-refractivity contribution in [2.24, 2.45) is 5.92 Å². The van der Waals surface area contributed by atoms with Crippen molar-refractivity contribution in [3.8, 4) is 0 Å². The predicted molar refractivity (Wildman–Crippen MR) is 111 cm³/mol. The Balaban J connectivity index is 1.23. The van der Waals surface area contributed by atoms with Crippen LogP contribution in [-0.2, 0) is 11.3 Å². The van der Waals surface area contributed by atoms with Crippen molar-refractivity contribution in [2.75, 3.05) is 19.7 Å². The highest BCUT2D eigenvalue weighted by molar-refractivity contribution is 5.94. The average Bonchev–Trinajstić information content (AvgIpc) is 2.76. The zero-order valence-electron chi connectivity index (χ0n) is 16.4. The molecule has 2 aromatic carbocycles. The zero-order valence-corrected chi connectivity index (χ0v) is 16.4. The maximum Gasteiger partial charge on any atom is 0.272 e. The van der Waals surface area contributed by atoms with Crippen molar-refractivity contribution in [2.45, 2.75) is 25.9 Å². The molecule has 0 bridgehead atoms. The number of hydrogen-bond donors (Lipinski definition) is 0. The summed E-state index contributed by atoms with van der Waals surface area (Å²) in [5.41, 5.74) is 2.22. The number of para-hydroxylation sites is 1. The number of halogens is 1. The number of carbonyl (C=O) groups is 1.